The second kappa shape index (κ2) is 4.16. The van der Waals surface area contributed by atoms with Crippen molar-refractivity contribution in [1.29, 1.82) is 0 Å². The summed E-state index contributed by atoms with van der Waals surface area (Å²) in [5, 5.41) is 13.4. The van der Waals surface area contributed by atoms with Gasteiger partial charge in [-0.05, 0) is 24.1 Å². The van der Waals surface area contributed by atoms with E-state index in [4.69, 9.17) is 5.11 Å². The highest BCUT2D eigenvalue weighted by atomic mass is 19.1. The average molecular weight is 236 g/mol. The maximum Gasteiger partial charge on any atom is 0.357 e. The number of rotatable bonds is 3. The zero-order valence-corrected chi connectivity index (χ0v) is 9.64. The van der Waals surface area contributed by atoms with Crippen molar-refractivity contribution in [3.05, 3.63) is 29.7 Å². The first-order chi connectivity index (χ1) is 7.99. The standard InChI is InChI=1S/C12H13FN2O2/c1-7(2)6-15-10-4-3-8(13)5-9(10)11(14-15)12(16)17/h3-5,7H,6H2,1-2H3,(H,16,17). The lowest BCUT2D eigenvalue weighted by Crippen LogP contribution is -2.07. The fourth-order valence-electron chi connectivity index (χ4n) is 1.79. The number of hydrogen-bond donors (Lipinski definition) is 1. The second-order valence-electron chi connectivity index (χ2n) is 4.39. The van der Waals surface area contributed by atoms with Crippen LogP contribution in [0.2, 0.25) is 0 Å². The van der Waals surface area contributed by atoms with Crippen LogP contribution in [0, 0.1) is 11.7 Å². The van der Waals surface area contributed by atoms with Gasteiger partial charge in [-0.15, -0.1) is 0 Å². The molecule has 5 heteroatoms. The number of carboxylic acids is 1. The lowest BCUT2D eigenvalue weighted by atomic mass is 10.2. The molecule has 0 unspecified atom stereocenters. The van der Waals surface area contributed by atoms with Crippen LogP contribution in [0.4, 0.5) is 4.39 Å². The number of nitrogens with zero attached hydrogens (tertiary/aromatic N) is 2. The lowest BCUT2D eigenvalue weighted by molar-refractivity contribution is 0.0691. The number of hydrogen-bond acceptors (Lipinski definition) is 2. The van der Waals surface area contributed by atoms with E-state index in [1.807, 2.05) is 13.8 Å². The molecule has 1 N–H and O–H groups in total. The molecule has 0 atom stereocenters. The molecule has 0 bridgehead atoms. The fourth-order valence-corrected chi connectivity index (χ4v) is 1.79. The Kier molecular flexibility index (Phi) is 2.83. The number of aromatic nitrogens is 2. The van der Waals surface area contributed by atoms with E-state index < -0.39 is 11.8 Å². The van der Waals surface area contributed by atoms with Crippen LogP contribution in [0.1, 0.15) is 24.3 Å². The number of benzene rings is 1. The maximum atomic E-state index is 13.1. The highest BCUT2D eigenvalue weighted by Crippen LogP contribution is 2.20. The molecule has 1 heterocycles. The Labute approximate surface area is 97.7 Å². The minimum absolute atomic E-state index is 0.0971. The third kappa shape index (κ3) is 2.13. The summed E-state index contributed by atoms with van der Waals surface area (Å²) in [7, 11) is 0. The van der Waals surface area contributed by atoms with Gasteiger partial charge in [0.25, 0.3) is 0 Å². The molecule has 4 nitrogen and oxygen atoms in total. The van der Waals surface area contributed by atoms with Crippen molar-refractivity contribution in [3.8, 4) is 0 Å². The van der Waals surface area contributed by atoms with Gasteiger partial charge in [0.05, 0.1) is 5.52 Å². The molecule has 0 saturated heterocycles. The Balaban J connectivity index is 2.66. The van der Waals surface area contributed by atoms with Crippen molar-refractivity contribution in [2.75, 3.05) is 0 Å². The molecule has 1 aromatic heterocycles. The Morgan fingerprint density at radius 3 is 2.82 bits per heavy atom. The van der Waals surface area contributed by atoms with E-state index >= 15 is 0 Å². The summed E-state index contributed by atoms with van der Waals surface area (Å²) >= 11 is 0. The number of fused-ring (bicyclic) bond motifs is 1. The molecule has 0 aliphatic carbocycles. The van der Waals surface area contributed by atoms with Crippen molar-refractivity contribution in [3.63, 3.8) is 0 Å². The third-order valence-corrected chi connectivity index (χ3v) is 2.45. The minimum Gasteiger partial charge on any atom is -0.476 e. The van der Waals surface area contributed by atoms with Crippen LogP contribution in [0.3, 0.4) is 0 Å². The van der Waals surface area contributed by atoms with Crippen LogP contribution < -0.4 is 0 Å². The van der Waals surface area contributed by atoms with E-state index in [1.165, 1.54) is 12.1 Å². The van der Waals surface area contributed by atoms with Crippen LogP contribution in [0.5, 0.6) is 0 Å². The summed E-state index contributed by atoms with van der Waals surface area (Å²) in [6.07, 6.45) is 0. The highest BCUT2D eigenvalue weighted by Gasteiger charge is 2.17. The molecule has 1 aromatic carbocycles. The first-order valence-corrected chi connectivity index (χ1v) is 5.38. The largest absolute Gasteiger partial charge is 0.476 e. The Morgan fingerprint density at radius 2 is 2.24 bits per heavy atom. The molecular weight excluding hydrogens is 223 g/mol. The molecule has 2 aromatic rings. The highest BCUT2D eigenvalue weighted by molar-refractivity contribution is 6.01. The van der Waals surface area contributed by atoms with Crippen LogP contribution in [0.15, 0.2) is 18.2 Å². The summed E-state index contributed by atoms with van der Waals surface area (Å²) in [5.41, 5.74) is 0.553. The van der Waals surface area contributed by atoms with E-state index in [-0.39, 0.29) is 5.69 Å². The summed E-state index contributed by atoms with van der Waals surface area (Å²) in [6, 6.07) is 4.08. The third-order valence-electron chi connectivity index (χ3n) is 2.45. The molecule has 0 amide bonds. The van der Waals surface area contributed by atoms with Crippen molar-refractivity contribution in [2.24, 2.45) is 5.92 Å². The monoisotopic (exact) mass is 236 g/mol. The Hall–Kier alpha value is -1.91. The Bertz CT molecular complexity index is 575. The molecule has 0 fully saturated rings. The molecule has 2 rings (SSSR count). The van der Waals surface area contributed by atoms with E-state index in [1.54, 1.807) is 10.7 Å². The topological polar surface area (TPSA) is 55.1 Å². The van der Waals surface area contributed by atoms with E-state index in [0.717, 1.165) is 0 Å². The Morgan fingerprint density at radius 1 is 1.53 bits per heavy atom. The van der Waals surface area contributed by atoms with Gasteiger partial charge in [-0.3, -0.25) is 4.68 Å². The average Bonchev–Trinajstić information content (AvgIpc) is 2.55. The molecule has 0 saturated carbocycles. The predicted octanol–water partition coefficient (Wildman–Crippen LogP) is 2.53. The lowest BCUT2D eigenvalue weighted by Gasteiger charge is -2.05. The molecule has 0 aliphatic rings. The van der Waals surface area contributed by atoms with Crippen LogP contribution >= 0.6 is 0 Å². The molecular formula is C12H13FN2O2. The zero-order chi connectivity index (χ0) is 12.6. The second-order valence-corrected chi connectivity index (χ2v) is 4.39. The van der Waals surface area contributed by atoms with Gasteiger partial charge in [-0.2, -0.15) is 5.10 Å². The van der Waals surface area contributed by atoms with Gasteiger partial charge < -0.3 is 5.11 Å². The predicted molar refractivity (Wildman–Crippen MR) is 61.5 cm³/mol. The van der Waals surface area contributed by atoms with Crippen LogP contribution in [-0.4, -0.2) is 20.9 Å². The smallest absolute Gasteiger partial charge is 0.357 e. The van der Waals surface area contributed by atoms with Gasteiger partial charge in [0.15, 0.2) is 5.69 Å². The molecule has 0 spiro atoms. The van der Waals surface area contributed by atoms with E-state index in [0.29, 0.717) is 23.4 Å². The van der Waals surface area contributed by atoms with Crippen molar-refractivity contribution in [1.82, 2.24) is 9.78 Å². The summed E-state index contributed by atoms with van der Waals surface area (Å²) in [5.74, 6) is -1.25. The van der Waals surface area contributed by atoms with Crippen molar-refractivity contribution in [2.45, 2.75) is 20.4 Å². The van der Waals surface area contributed by atoms with Gasteiger partial charge in [0.2, 0.25) is 0 Å². The summed E-state index contributed by atoms with van der Waals surface area (Å²) in [6.45, 7) is 4.63. The maximum absolute atomic E-state index is 13.1. The SMILES string of the molecule is CC(C)Cn1nc(C(=O)O)c2cc(F)ccc21. The van der Waals surface area contributed by atoms with Gasteiger partial charge in [-0.1, -0.05) is 13.8 Å². The molecule has 0 aliphatic heterocycles. The molecule has 0 radical (unpaired) electrons. The summed E-state index contributed by atoms with van der Waals surface area (Å²) < 4.78 is 14.7. The first-order valence-electron chi connectivity index (χ1n) is 5.38. The number of aromatic carboxylic acids is 1. The number of carboxylic acid groups (broad SMARTS) is 1. The zero-order valence-electron chi connectivity index (χ0n) is 9.64. The van der Waals surface area contributed by atoms with Gasteiger partial charge in [-0.25, -0.2) is 9.18 Å². The van der Waals surface area contributed by atoms with E-state index in [2.05, 4.69) is 5.10 Å². The van der Waals surface area contributed by atoms with E-state index in [9.17, 15) is 9.18 Å². The quantitative estimate of drug-likeness (QED) is 0.890. The van der Waals surface area contributed by atoms with Gasteiger partial charge in [0, 0.05) is 11.9 Å². The molecule has 17 heavy (non-hydrogen) atoms. The van der Waals surface area contributed by atoms with Crippen LogP contribution in [-0.2, 0) is 6.54 Å². The number of carbonyl (C=O) groups is 1. The molecule has 90 valence electrons. The van der Waals surface area contributed by atoms with Gasteiger partial charge >= 0.3 is 5.97 Å². The van der Waals surface area contributed by atoms with Crippen molar-refractivity contribution >= 4 is 16.9 Å². The summed E-state index contributed by atoms with van der Waals surface area (Å²) in [4.78, 5) is 11.0. The number of halogens is 1. The van der Waals surface area contributed by atoms with Crippen molar-refractivity contribution < 1.29 is 14.3 Å². The normalized spacial score (nSPS) is 11.3. The fraction of sp³-hybridized carbons (Fsp3) is 0.333. The minimum atomic E-state index is -1.14. The first kappa shape index (κ1) is 11.6. The van der Waals surface area contributed by atoms with Gasteiger partial charge in [0.1, 0.15) is 5.82 Å². The van der Waals surface area contributed by atoms with Crippen LogP contribution in [0.25, 0.3) is 10.9 Å².